The third-order valence-corrected chi connectivity index (χ3v) is 8.30. The van der Waals surface area contributed by atoms with Crippen molar-refractivity contribution in [3.05, 3.63) is 63.4 Å². The molecule has 6 atom stereocenters. The summed E-state index contributed by atoms with van der Waals surface area (Å²) in [5, 5.41) is 10.9. The van der Waals surface area contributed by atoms with Gasteiger partial charge in [-0.2, -0.15) is 0 Å². The molecule has 14 heteroatoms. The van der Waals surface area contributed by atoms with Crippen LogP contribution in [-0.2, 0) is 23.4 Å². The smallest absolute Gasteiger partial charge is 0.380 e. The molecule has 11 nitrogen and oxygen atoms in total. The van der Waals surface area contributed by atoms with E-state index in [1.807, 2.05) is 4.98 Å². The fourth-order valence-electron chi connectivity index (χ4n) is 4.23. The third-order valence-electron chi connectivity index (χ3n) is 6.07. The van der Waals surface area contributed by atoms with Gasteiger partial charge in [-0.15, -0.1) is 0 Å². The summed E-state index contributed by atoms with van der Waals surface area (Å²) in [6.45, 7) is 5.65. The Hall–Kier alpha value is -2.86. The molecule has 39 heavy (non-hydrogen) atoms. The lowest BCUT2D eigenvalue weighted by atomic mass is 9.89. The third kappa shape index (κ3) is 6.84. The molecule has 2 N–H and O–H groups in total. The van der Waals surface area contributed by atoms with Crippen molar-refractivity contribution < 1.29 is 41.8 Å². The minimum absolute atomic E-state index is 0.148. The zero-order valence-electron chi connectivity index (χ0n) is 22.2. The number of hydrogen-bond donors (Lipinski definition) is 2. The summed E-state index contributed by atoms with van der Waals surface area (Å²) in [7, 11) is -4.28. The molecule has 2 heterocycles. The van der Waals surface area contributed by atoms with Crippen LogP contribution in [-0.4, -0.2) is 63.0 Å². The van der Waals surface area contributed by atoms with Crippen LogP contribution in [0.2, 0.25) is 0 Å². The van der Waals surface area contributed by atoms with Crippen molar-refractivity contribution in [1.29, 1.82) is 0 Å². The summed E-state index contributed by atoms with van der Waals surface area (Å²) >= 11 is 0. The van der Waals surface area contributed by atoms with Crippen molar-refractivity contribution in [2.24, 2.45) is 5.92 Å². The summed E-state index contributed by atoms with van der Waals surface area (Å²) in [6, 6.07) is 8.87. The number of hydrogen-bond acceptors (Lipinski definition) is 9. The molecule has 1 saturated heterocycles. The Morgan fingerprint density at radius 1 is 1.23 bits per heavy atom. The number of carbonyl (C=O) groups excluding carboxylic acids is 1. The van der Waals surface area contributed by atoms with Crippen molar-refractivity contribution >= 4 is 13.6 Å². The van der Waals surface area contributed by atoms with Crippen LogP contribution in [0, 0.1) is 5.92 Å². The monoisotopic (exact) mass is 574 g/mol. The van der Waals surface area contributed by atoms with Crippen LogP contribution in [0.25, 0.3) is 0 Å². The number of alkyl halides is 2. The van der Waals surface area contributed by atoms with Crippen LogP contribution in [0.4, 0.5) is 8.78 Å². The number of esters is 1. The lowest BCUT2D eigenvalue weighted by molar-refractivity contribution is -0.151. The molecule has 0 bridgehead atoms. The van der Waals surface area contributed by atoms with E-state index in [1.54, 1.807) is 32.0 Å². The van der Waals surface area contributed by atoms with Gasteiger partial charge in [-0.1, -0.05) is 25.1 Å². The summed E-state index contributed by atoms with van der Waals surface area (Å²) in [4.78, 5) is 38.1. The molecular weight excluding hydrogens is 541 g/mol. The Labute approximate surface area is 223 Å². The Kier molecular flexibility index (Phi) is 9.21. The Bertz CT molecular complexity index is 1320. The Morgan fingerprint density at radius 3 is 2.44 bits per heavy atom. The lowest BCUT2D eigenvalue weighted by Crippen LogP contribution is -2.51. The Balaban J connectivity index is 1.96. The highest BCUT2D eigenvalue weighted by Gasteiger charge is 2.63. The van der Waals surface area contributed by atoms with Crippen LogP contribution in [0.3, 0.4) is 0 Å². The topological polar surface area (TPSA) is 146 Å². The maximum absolute atomic E-state index is 15.8. The number of rotatable bonds is 11. The fraction of sp³-hybridized carbons (Fsp3) is 0.560. The van der Waals surface area contributed by atoms with Crippen molar-refractivity contribution in [2.45, 2.75) is 70.4 Å². The summed E-state index contributed by atoms with van der Waals surface area (Å²) < 4.78 is 67.0. The maximum Gasteiger partial charge on any atom is 0.380 e. The molecule has 0 aliphatic carbocycles. The quantitative estimate of drug-likeness (QED) is 0.305. The molecule has 1 fully saturated rings. The molecule has 1 aliphatic heterocycles. The molecular formula is C25H33F2N2O9P. The number of nitrogens with one attached hydrogen (secondary N) is 1. The van der Waals surface area contributed by atoms with Gasteiger partial charge in [-0.05, 0) is 39.8 Å². The molecule has 1 aromatic heterocycles. The Morgan fingerprint density at radius 2 is 1.87 bits per heavy atom. The van der Waals surface area contributed by atoms with Gasteiger partial charge in [0, 0.05) is 12.3 Å². The van der Waals surface area contributed by atoms with E-state index >= 15 is 4.39 Å². The predicted octanol–water partition coefficient (Wildman–Crippen LogP) is 3.13. The first-order valence-electron chi connectivity index (χ1n) is 12.3. The number of carbonyl (C=O) groups is 1. The van der Waals surface area contributed by atoms with Crippen molar-refractivity contribution in [1.82, 2.24) is 9.55 Å². The number of ether oxygens (including phenoxy) is 2. The number of aliphatic hydroxyl groups is 1. The molecule has 1 aromatic carbocycles. The lowest BCUT2D eigenvalue weighted by Gasteiger charge is -2.36. The van der Waals surface area contributed by atoms with E-state index in [0.717, 1.165) is 12.3 Å². The normalized spacial score (nSPS) is 25.7. The molecule has 2 aromatic rings. The SMILES string of the molecule is CC(C)OC(=O)[C@H](C)C[P@](=O)(Oc1ccccc1)OC(C)(C)[C@H]1O[C@@H](n2ccc(=O)[nH]c2=O)C(F)(CF)[C@H]1O. The van der Waals surface area contributed by atoms with Crippen LogP contribution in [0.15, 0.2) is 52.2 Å². The molecule has 0 spiro atoms. The van der Waals surface area contributed by atoms with Gasteiger partial charge in [0.1, 0.15) is 30.2 Å². The van der Waals surface area contributed by atoms with E-state index in [9.17, 15) is 28.4 Å². The number of halogens is 2. The molecule has 216 valence electrons. The average molecular weight is 575 g/mol. The molecule has 0 amide bonds. The number of aliphatic hydroxyl groups excluding tert-OH is 1. The highest BCUT2D eigenvalue weighted by atomic mass is 31.2. The molecule has 3 rings (SSSR count). The van der Waals surface area contributed by atoms with Gasteiger partial charge in [0.25, 0.3) is 5.56 Å². The van der Waals surface area contributed by atoms with Gasteiger partial charge >= 0.3 is 19.3 Å². The van der Waals surface area contributed by atoms with Crippen molar-refractivity contribution in [3.63, 3.8) is 0 Å². The number of aromatic amines is 1. The van der Waals surface area contributed by atoms with Crippen LogP contribution >= 0.6 is 7.60 Å². The standard InChI is InChI=1S/C25H33F2N2O9P/c1-15(2)35-21(32)16(3)13-39(34,37-17-9-7-6-8-10-17)38-24(4,5)20-19(31)25(27,14-26)22(36-20)29-12-11-18(30)28-23(29)33/h6-12,15-16,19-20,22,31H,13-14H2,1-5H3,(H,28,30,33)/t16-,19+,20+,22-,25?,39+/m1/s1. The zero-order chi connectivity index (χ0) is 29.2. The number of aromatic nitrogens is 2. The van der Waals surface area contributed by atoms with Gasteiger partial charge in [0.15, 0.2) is 6.23 Å². The summed E-state index contributed by atoms with van der Waals surface area (Å²) in [6.07, 6.45) is -5.84. The average Bonchev–Trinajstić information content (AvgIpc) is 3.10. The number of benzene rings is 1. The fourth-order valence-corrected chi connectivity index (χ4v) is 6.50. The van der Waals surface area contributed by atoms with Gasteiger partial charge in [0.05, 0.1) is 18.2 Å². The van der Waals surface area contributed by atoms with E-state index in [0.29, 0.717) is 4.57 Å². The molecule has 0 saturated carbocycles. The second kappa shape index (κ2) is 11.7. The highest BCUT2D eigenvalue weighted by molar-refractivity contribution is 7.54. The number of H-pyrrole nitrogens is 1. The van der Waals surface area contributed by atoms with Gasteiger partial charge in [0.2, 0.25) is 5.67 Å². The van der Waals surface area contributed by atoms with Gasteiger partial charge in [-0.3, -0.25) is 23.7 Å². The predicted molar refractivity (Wildman–Crippen MR) is 136 cm³/mol. The van der Waals surface area contributed by atoms with Gasteiger partial charge < -0.3 is 19.1 Å². The van der Waals surface area contributed by atoms with E-state index in [-0.39, 0.29) is 5.75 Å². The summed E-state index contributed by atoms with van der Waals surface area (Å²) in [5.74, 6) is -1.46. The zero-order valence-corrected chi connectivity index (χ0v) is 23.1. The van der Waals surface area contributed by atoms with Crippen molar-refractivity contribution in [3.8, 4) is 5.75 Å². The first kappa shape index (κ1) is 30.7. The minimum Gasteiger partial charge on any atom is -0.463 e. The van der Waals surface area contributed by atoms with Crippen molar-refractivity contribution in [2.75, 3.05) is 12.8 Å². The number of para-hydroxylation sites is 1. The summed E-state index contributed by atoms with van der Waals surface area (Å²) in [5.41, 5.74) is -6.82. The molecule has 1 unspecified atom stereocenters. The van der Waals surface area contributed by atoms with Crippen LogP contribution < -0.4 is 15.8 Å². The van der Waals surface area contributed by atoms with E-state index in [1.165, 1.54) is 32.9 Å². The molecule has 0 radical (unpaired) electrons. The second-order valence-corrected chi connectivity index (χ2v) is 12.2. The first-order valence-corrected chi connectivity index (χ1v) is 14.0. The number of nitrogens with zero attached hydrogens (tertiary/aromatic N) is 1. The highest BCUT2D eigenvalue weighted by Crippen LogP contribution is 2.56. The minimum atomic E-state index is -4.28. The second-order valence-electron chi connectivity index (χ2n) is 10.2. The van der Waals surface area contributed by atoms with Gasteiger partial charge in [-0.25, -0.2) is 18.1 Å². The largest absolute Gasteiger partial charge is 0.463 e. The molecule has 1 aliphatic rings. The first-order chi connectivity index (χ1) is 18.1. The van der Waals surface area contributed by atoms with E-state index in [2.05, 4.69) is 0 Å². The maximum atomic E-state index is 15.8. The van der Waals surface area contributed by atoms with Crippen LogP contribution in [0.1, 0.15) is 40.8 Å². The van der Waals surface area contributed by atoms with Crippen LogP contribution in [0.5, 0.6) is 5.75 Å². The van der Waals surface area contributed by atoms with E-state index < -0.39 is 79.4 Å². The van der Waals surface area contributed by atoms with E-state index in [4.69, 9.17) is 18.5 Å².